The van der Waals surface area contributed by atoms with Crippen molar-refractivity contribution in [2.24, 2.45) is 0 Å². The Morgan fingerprint density at radius 2 is 1.60 bits per heavy atom. The topological polar surface area (TPSA) is 46.5 Å². The van der Waals surface area contributed by atoms with Crippen LogP contribution in [0.1, 0.15) is 64.7 Å². The summed E-state index contributed by atoms with van der Waals surface area (Å²) in [6.45, 7) is 1.91. The normalized spacial score (nSPS) is 13.2. The Balaban J connectivity index is 3.37. The highest BCUT2D eigenvalue weighted by atomic mass is 19.4. The molecule has 0 aromatic rings. The molecule has 6 heteroatoms. The van der Waals surface area contributed by atoms with Gasteiger partial charge in [-0.3, -0.25) is 0 Å². The minimum absolute atomic E-state index is 0.217. The molecule has 0 heterocycles. The first-order chi connectivity index (χ1) is 9.38. The van der Waals surface area contributed by atoms with Gasteiger partial charge in [0, 0.05) is 0 Å². The van der Waals surface area contributed by atoms with Crippen LogP contribution in [0.15, 0.2) is 0 Å². The van der Waals surface area contributed by atoms with E-state index >= 15 is 0 Å². The van der Waals surface area contributed by atoms with E-state index in [1.807, 2.05) is 0 Å². The van der Waals surface area contributed by atoms with E-state index in [0.29, 0.717) is 19.3 Å². The van der Waals surface area contributed by atoms with Gasteiger partial charge in [-0.25, -0.2) is 4.79 Å². The van der Waals surface area contributed by atoms with Crippen molar-refractivity contribution in [3.63, 3.8) is 0 Å². The average molecular weight is 298 g/mol. The molecule has 0 saturated carbocycles. The van der Waals surface area contributed by atoms with Crippen molar-refractivity contribution < 1.29 is 27.8 Å². The lowest BCUT2D eigenvalue weighted by Crippen LogP contribution is -2.25. The van der Waals surface area contributed by atoms with Crippen LogP contribution in [0, 0.1) is 0 Å². The molecule has 1 N–H and O–H groups in total. The van der Waals surface area contributed by atoms with E-state index in [1.54, 1.807) is 0 Å². The molecule has 20 heavy (non-hydrogen) atoms. The van der Waals surface area contributed by atoms with E-state index in [-0.39, 0.29) is 12.7 Å². The number of aliphatic hydroxyl groups excluding tert-OH is 1. The molecule has 0 aliphatic heterocycles. The van der Waals surface area contributed by atoms with Crippen LogP contribution >= 0.6 is 0 Å². The van der Waals surface area contributed by atoms with Crippen molar-refractivity contribution in [1.82, 2.24) is 0 Å². The van der Waals surface area contributed by atoms with E-state index in [9.17, 15) is 23.1 Å². The van der Waals surface area contributed by atoms with E-state index < -0.39 is 12.1 Å². The lowest BCUT2D eigenvalue weighted by molar-refractivity contribution is -0.199. The first kappa shape index (κ1) is 19.2. The number of aliphatic hydroxyl groups is 1. The van der Waals surface area contributed by atoms with Crippen LogP contribution < -0.4 is 0 Å². The first-order valence-corrected chi connectivity index (χ1v) is 7.30. The second-order valence-electron chi connectivity index (χ2n) is 4.99. The number of hydrogen-bond donors (Lipinski definition) is 1. The number of carbonyl (C=O) groups excluding carboxylic acids is 1. The van der Waals surface area contributed by atoms with Crippen molar-refractivity contribution >= 4 is 5.97 Å². The summed E-state index contributed by atoms with van der Waals surface area (Å²) in [6.07, 6.45) is 2.45. The van der Waals surface area contributed by atoms with Crippen molar-refractivity contribution in [3.8, 4) is 0 Å². The van der Waals surface area contributed by atoms with Gasteiger partial charge in [-0.2, -0.15) is 13.2 Å². The number of alkyl halides is 3. The molecule has 0 bridgehead atoms. The Hall–Kier alpha value is -0.780. The lowest BCUT2D eigenvalue weighted by atomic mass is 10.0. The summed E-state index contributed by atoms with van der Waals surface area (Å²) in [7, 11) is 0. The maximum Gasteiger partial charge on any atom is 0.490 e. The Morgan fingerprint density at radius 1 is 1.05 bits per heavy atom. The quantitative estimate of drug-likeness (QED) is 0.463. The molecule has 0 aromatic carbocycles. The van der Waals surface area contributed by atoms with Crippen LogP contribution in [0.4, 0.5) is 13.2 Å². The van der Waals surface area contributed by atoms with Gasteiger partial charge in [-0.1, -0.05) is 39.0 Å². The van der Waals surface area contributed by atoms with Gasteiger partial charge in [0.25, 0.3) is 0 Å². The number of carbonyl (C=O) groups is 1. The molecular weight excluding hydrogens is 273 g/mol. The summed E-state index contributed by atoms with van der Waals surface area (Å²) in [5, 5.41) is 9.67. The summed E-state index contributed by atoms with van der Waals surface area (Å²) in [6, 6.07) is 0. The third kappa shape index (κ3) is 11.1. The third-order valence-corrected chi connectivity index (χ3v) is 3.04. The summed E-state index contributed by atoms with van der Waals surface area (Å²) < 4.78 is 39.5. The highest BCUT2D eigenvalue weighted by Crippen LogP contribution is 2.17. The van der Waals surface area contributed by atoms with Crippen molar-refractivity contribution in [1.29, 1.82) is 0 Å². The molecule has 0 amide bonds. The van der Waals surface area contributed by atoms with Gasteiger partial charge in [-0.15, -0.1) is 0 Å². The van der Waals surface area contributed by atoms with Gasteiger partial charge < -0.3 is 9.84 Å². The van der Waals surface area contributed by atoms with Crippen LogP contribution in [0.2, 0.25) is 0 Å². The zero-order valence-corrected chi connectivity index (χ0v) is 12.0. The summed E-state index contributed by atoms with van der Waals surface area (Å²) >= 11 is 0. The number of unbranched alkanes of at least 4 members (excludes halogenated alkanes) is 5. The van der Waals surface area contributed by atoms with Gasteiger partial charge in [0.2, 0.25) is 0 Å². The SMILES string of the molecule is CCCCCCC(O)CCCCCOC(=O)C(F)(F)F. The maximum absolute atomic E-state index is 11.8. The zero-order chi connectivity index (χ0) is 15.4. The molecule has 3 nitrogen and oxygen atoms in total. The number of esters is 1. The van der Waals surface area contributed by atoms with Gasteiger partial charge in [-0.05, 0) is 25.7 Å². The number of ether oxygens (including phenoxy) is 1. The molecule has 0 radical (unpaired) electrons. The minimum Gasteiger partial charge on any atom is -0.459 e. The summed E-state index contributed by atoms with van der Waals surface area (Å²) in [4.78, 5) is 10.4. The second kappa shape index (κ2) is 10.9. The molecule has 0 aliphatic rings. The Bertz CT molecular complexity index is 255. The minimum atomic E-state index is -4.91. The van der Waals surface area contributed by atoms with Crippen molar-refractivity contribution in [2.45, 2.75) is 77.0 Å². The molecule has 0 fully saturated rings. The van der Waals surface area contributed by atoms with Gasteiger partial charge in [0.05, 0.1) is 12.7 Å². The molecule has 0 aliphatic carbocycles. The van der Waals surface area contributed by atoms with Gasteiger partial charge in [0.1, 0.15) is 0 Å². The molecule has 120 valence electrons. The summed E-state index contributed by atoms with van der Waals surface area (Å²) in [5.41, 5.74) is 0. The Kier molecular flexibility index (Phi) is 10.5. The van der Waals surface area contributed by atoms with Crippen LogP contribution in [0.3, 0.4) is 0 Å². The molecule has 1 atom stereocenters. The third-order valence-electron chi connectivity index (χ3n) is 3.04. The van der Waals surface area contributed by atoms with Crippen molar-refractivity contribution in [3.05, 3.63) is 0 Å². The van der Waals surface area contributed by atoms with E-state index in [2.05, 4.69) is 11.7 Å². The number of rotatable bonds is 11. The van der Waals surface area contributed by atoms with Crippen molar-refractivity contribution in [2.75, 3.05) is 6.61 Å². The first-order valence-electron chi connectivity index (χ1n) is 7.30. The maximum atomic E-state index is 11.8. The molecule has 0 aromatic heterocycles. The molecular formula is C14H25F3O3. The second-order valence-corrected chi connectivity index (χ2v) is 4.99. The largest absolute Gasteiger partial charge is 0.490 e. The molecule has 0 rings (SSSR count). The molecule has 0 spiro atoms. The highest BCUT2D eigenvalue weighted by molar-refractivity contribution is 5.75. The van der Waals surface area contributed by atoms with Gasteiger partial charge >= 0.3 is 12.1 Å². The molecule has 1 unspecified atom stereocenters. The van der Waals surface area contributed by atoms with Crippen LogP contribution in [0.25, 0.3) is 0 Å². The van der Waals surface area contributed by atoms with Crippen LogP contribution in [-0.2, 0) is 9.53 Å². The van der Waals surface area contributed by atoms with Crippen LogP contribution in [-0.4, -0.2) is 30.0 Å². The fourth-order valence-electron chi connectivity index (χ4n) is 1.86. The summed E-state index contributed by atoms with van der Waals surface area (Å²) in [5.74, 6) is -2.13. The predicted octanol–water partition coefficient (Wildman–Crippen LogP) is 3.98. The molecule has 0 saturated heterocycles. The Labute approximate surface area is 118 Å². The standard InChI is InChI=1S/C14H25F3O3/c1-2-3-4-6-9-12(18)10-7-5-8-11-20-13(19)14(15,16)17/h12,18H,2-11H2,1H3. The monoisotopic (exact) mass is 298 g/mol. The average Bonchev–Trinajstić information content (AvgIpc) is 2.37. The Morgan fingerprint density at radius 3 is 2.10 bits per heavy atom. The fraction of sp³-hybridized carbons (Fsp3) is 0.929. The number of halogens is 3. The van der Waals surface area contributed by atoms with Crippen LogP contribution in [0.5, 0.6) is 0 Å². The predicted molar refractivity (Wildman–Crippen MR) is 70.2 cm³/mol. The number of hydrogen-bond acceptors (Lipinski definition) is 3. The lowest BCUT2D eigenvalue weighted by Gasteiger charge is -2.10. The van der Waals surface area contributed by atoms with E-state index in [0.717, 1.165) is 32.1 Å². The zero-order valence-electron chi connectivity index (χ0n) is 12.0. The van der Waals surface area contributed by atoms with E-state index in [1.165, 1.54) is 6.42 Å². The fourth-order valence-corrected chi connectivity index (χ4v) is 1.86. The van der Waals surface area contributed by atoms with Gasteiger partial charge in [0.15, 0.2) is 0 Å². The van der Waals surface area contributed by atoms with E-state index in [4.69, 9.17) is 0 Å². The highest BCUT2D eigenvalue weighted by Gasteiger charge is 2.40. The smallest absolute Gasteiger partial charge is 0.459 e.